The monoisotopic (exact) mass is 493 g/mol. The van der Waals surface area contributed by atoms with Crippen LogP contribution in [0.5, 0.6) is 5.75 Å². The summed E-state index contributed by atoms with van der Waals surface area (Å²) in [5, 5.41) is 11.0. The molecule has 1 N–H and O–H groups in total. The van der Waals surface area contributed by atoms with E-state index < -0.39 is 17.5 Å². The Bertz CT molecular complexity index is 1220. The van der Waals surface area contributed by atoms with E-state index in [1.165, 1.54) is 4.90 Å². The number of carbonyl (C=O) groups excluding carboxylic acids is 2. The smallest absolute Gasteiger partial charge is 0.254 e. The van der Waals surface area contributed by atoms with Crippen molar-refractivity contribution in [2.45, 2.75) is 18.9 Å². The third-order valence-corrected chi connectivity index (χ3v) is 6.41. The van der Waals surface area contributed by atoms with Gasteiger partial charge in [0.1, 0.15) is 23.5 Å². The van der Waals surface area contributed by atoms with Crippen LogP contribution >= 0.6 is 0 Å². The van der Waals surface area contributed by atoms with Gasteiger partial charge in [-0.25, -0.2) is 8.78 Å². The van der Waals surface area contributed by atoms with E-state index in [-0.39, 0.29) is 23.5 Å². The molecule has 2 aliphatic heterocycles. The van der Waals surface area contributed by atoms with E-state index in [9.17, 15) is 18.4 Å². The molecule has 10 heteroatoms. The van der Waals surface area contributed by atoms with Crippen molar-refractivity contribution < 1.29 is 23.1 Å². The lowest BCUT2D eigenvalue weighted by molar-refractivity contribution is -0.119. The first kappa shape index (κ1) is 23.7. The van der Waals surface area contributed by atoms with Crippen molar-refractivity contribution >= 4 is 23.3 Å². The summed E-state index contributed by atoms with van der Waals surface area (Å²) in [6.45, 7) is 2.09. The Morgan fingerprint density at radius 3 is 2.47 bits per heavy atom. The maximum absolute atomic E-state index is 13.5. The molecule has 8 nitrogen and oxygen atoms in total. The lowest BCUT2D eigenvalue weighted by atomic mass is 10.1. The number of halogens is 2. The van der Waals surface area contributed by atoms with Crippen LogP contribution in [0.4, 0.5) is 20.3 Å². The van der Waals surface area contributed by atoms with Gasteiger partial charge in [-0.15, -0.1) is 5.10 Å². The number of nitrogens with zero attached hydrogens (tertiary/aromatic N) is 4. The zero-order chi connectivity index (χ0) is 25.1. The molecule has 1 aromatic heterocycles. The number of carbonyl (C=O) groups is 2. The molecule has 0 bridgehead atoms. The standard InChI is InChI=1S/C26H25F2N5O3/c27-19-12-18(13-20(28)14-19)26(35)33-11-8-23(16-33)36-22-5-3-21(4-6-22)30-25(34)17-7-10-32(15-17)24-2-1-9-29-31-24/h1-6,9,12-14,17,23H,7-8,10-11,15-16H2,(H,30,34)/t17-,23-/m0/s1. The summed E-state index contributed by atoms with van der Waals surface area (Å²) < 4.78 is 32.9. The van der Waals surface area contributed by atoms with E-state index in [4.69, 9.17) is 4.74 Å². The minimum absolute atomic E-state index is 0.0182. The van der Waals surface area contributed by atoms with E-state index in [1.54, 1.807) is 30.5 Å². The topological polar surface area (TPSA) is 87.7 Å². The van der Waals surface area contributed by atoms with Gasteiger partial charge in [-0.3, -0.25) is 9.59 Å². The van der Waals surface area contributed by atoms with Gasteiger partial charge in [0.25, 0.3) is 5.91 Å². The predicted molar refractivity (Wildman–Crippen MR) is 129 cm³/mol. The number of nitrogens with one attached hydrogen (secondary N) is 1. The Balaban J connectivity index is 1.11. The number of hydrogen-bond donors (Lipinski definition) is 1. The van der Waals surface area contributed by atoms with Crippen molar-refractivity contribution in [2.75, 3.05) is 36.4 Å². The van der Waals surface area contributed by atoms with Crippen LogP contribution in [-0.2, 0) is 4.79 Å². The van der Waals surface area contributed by atoms with Crippen molar-refractivity contribution in [2.24, 2.45) is 5.92 Å². The van der Waals surface area contributed by atoms with Gasteiger partial charge >= 0.3 is 0 Å². The van der Waals surface area contributed by atoms with Gasteiger partial charge in [-0.1, -0.05) is 0 Å². The minimum atomic E-state index is -0.784. The number of benzene rings is 2. The molecule has 2 aliphatic rings. The normalized spacial score (nSPS) is 19.4. The molecule has 2 aromatic carbocycles. The van der Waals surface area contributed by atoms with Crippen LogP contribution in [0.15, 0.2) is 60.8 Å². The van der Waals surface area contributed by atoms with Gasteiger partial charge in [0, 0.05) is 49.6 Å². The lowest BCUT2D eigenvalue weighted by Gasteiger charge is -2.18. The number of aromatic nitrogens is 2. The maximum atomic E-state index is 13.5. The zero-order valence-corrected chi connectivity index (χ0v) is 19.4. The van der Waals surface area contributed by atoms with Crippen molar-refractivity contribution in [3.05, 3.63) is 78.0 Å². The highest BCUT2D eigenvalue weighted by Crippen LogP contribution is 2.25. The summed E-state index contributed by atoms with van der Waals surface area (Å²) in [5.74, 6) is -0.808. The largest absolute Gasteiger partial charge is 0.489 e. The van der Waals surface area contributed by atoms with Gasteiger partial charge in [0.2, 0.25) is 5.91 Å². The molecular weight excluding hydrogens is 468 g/mol. The Hall–Kier alpha value is -4.08. The molecule has 0 radical (unpaired) electrons. The quantitative estimate of drug-likeness (QED) is 0.566. The lowest BCUT2D eigenvalue weighted by Crippen LogP contribution is -2.31. The number of anilines is 2. The summed E-state index contributed by atoms with van der Waals surface area (Å²) in [5.41, 5.74) is 0.650. The third-order valence-electron chi connectivity index (χ3n) is 6.41. The third kappa shape index (κ3) is 5.42. The van der Waals surface area contributed by atoms with Crippen LogP contribution in [-0.4, -0.2) is 59.2 Å². The molecule has 2 atom stereocenters. The zero-order valence-electron chi connectivity index (χ0n) is 19.4. The fourth-order valence-corrected chi connectivity index (χ4v) is 4.57. The number of rotatable bonds is 6. The summed E-state index contributed by atoms with van der Waals surface area (Å²) >= 11 is 0. The molecule has 2 amide bonds. The van der Waals surface area contributed by atoms with Crippen molar-refractivity contribution in [3.8, 4) is 5.75 Å². The van der Waals surface area contributed by atoms with E-state index in [0.29, 0.717) is 37.5 Å². The highest BCUT2D eigenvalue weighted by Gasteiger charge is 2.30. The molecule has 36 heavy (non-hydrogen) atoms. The number of hydrogen-bond acceptors (Lipinski definition) is 6. The predicted octanol–water partition coefficient (Wildman–Crippen LogP) is 3.51. The summed E-state index contributed by atoms with van der Waals surface area (Å²) in [6, 6.07) is 13.6. The first-order chi connectivity index (χ1) is 17.4. The summed E-state index contributed by atoms with van der Waals surface area (Å²) in [6.07, 6.45) is 2.72. The van der Waals surface area contributed by atoms with E-state index in [2.05, 4.69) is 20.4 Å². The molecular formula is C26H25F2N5O3. The SMILES string of the molecule is O=C(Nc1ccc(O[C@H]2CCN(C(=O)c3cc(F)cc(F)c3)C2)cc1)[C@H]1CCN(c2cccnn2)C1. The number of amides is 2. The highest BCUT2D eigenvalue weighted by atomic mass is 19.1. The first-order valence-electron chi connectivity index (χ1n) is 11.8. The van der Waals surface area contributed by atoms with Gasteiger partial charge in [0.15, 0.2) is 5.82 Å². The average Bonchev–Trinajstić information content (AvgIpc) is 3.55. The first-order valence-corrected chi connectivity index (χ1v) is 11.8. The minimum Gasteiger partial charge on any atom is -0.489 e. The Morgan fingerprint density at radius 2 is 1.75 bits per heavy atom. The van der Waals surface area contributed by atoms with Crippen molar-refractivity contribution in [1.29, 1.82) is 0 Å². The molecule has 0 spiro atoms. The molecule has 2 saturated heterocycles. The second kappa shape index (κ2) is 10.3. The fourth-order valence-electron chi connectivity index (χ4n) is 4.57. The van der Waals surface area contributed by atoms with Crippen LogP contribution in [0.3, 0.4) is 0 Å². The fraction of sp³-hybridized carbons (Fsp3) is 0.308. The summed E-state index contributed by atoms with van der Waals surface area (Å²) in [4.78, 5) is 28.9. The van der Waals surface area contributed by atoms with Gasteiger partial charge < -0.3 is 19.9 Å². The molecule has 3 aromatic rings. The van der Waals surface area contributed by atoms with Gasteiger partial charge in [-0.2, -0.15) is 5.10 Å². The molecule has 186 valence electrons. The van der Waals surface area contributed by atoms with Crippen LogP contribution in [0.25, 0.3) is 0 Å². The Morgan fingerprint density at radius 1 is 0.972 bits per heavy atom. The van der Waals surface area contributed by atoms with E-state index in [0.717, 1.165) is 37.0 Å². The van der Waals surface area contributed by atoms with Crippen LogP contribution in [0.1, 0.15) is 23.2 Å². The Labute approximate surface area is 206 Å². The van der Waals surface area contributed by atoms with Gasteiger partial charge in [-0.05, 0) is 55.0 Å². The number of likely N-dealkylation sites (tertiary alicyclic amines) is 1. The van der Waals surface area contributed by atoms with Crippen molar-refractivity contribution in [3.63, 3.8) is 0 Å². The average molecular weight is 494 g/mol. The van der Waals surface area contributed by atoms with Crippen LogP contribution in [0, 0.1) is 17.6 Å². The van der Waals surface area contributed by atoms with Crippen LogP contribution in [0.2, 0.25) is 0 Å². The molecule has 5 rings (SSSR count). The van der Waals surface area contributed by atoms with Gasteiger partial charge in [0.05, 0.1) is 12.5 Å². The molecule has 0 aliphatic carbocycles. The summed E-state index contributed by atoms with van der Waals surface area (Å²) in [7, 11) is 0. The molecule has 0 saturated carbocycles. The Kier molecular flexibility index (Phi) is 6.75. The second-order valence-electron chi connectivity index (χ2n) is 8.96. The van der Waals surface area contributed by atoms with E-state index in [1.807, 2.05) is 12.1 Å². The highest BCUT2D eigenvalue weighted by molar-refractivity contribution is 5.94. The molecule has 2 fully saturated rings. The number of ether oxygens (including phenoxy) is 1. The van der Waals surface area contributed by atoms with Crippen molar-refractivity contribution in [1.82, 2.24) is 15.1 Å². The molecule has 3 heterocycles. The molecule has 0 unspecified atom stereocenters. The van der Waals surface area contributed by atoms with E-state index >= 15 is 0 Å². The van der Waals surface area contributed by atoms with Crippen LogP contribution < -0.4 is 15.0 Å². The second-order valence-corrected chi connectivity index (χ2v) is 8.96. The maximum Gasteiger partial charge on any atom is 0.254 e.